The summed E-state index contributed by atoms with van der Waals surface area (Å²) in [7, 11) is -12.3. The Morgan fingerprint density at radius 3 is 1.18 bits per heavy atom. The molecule has 1 aliphatic rings. The Bertz CT molecular complexity index is 1970. The zero-order valence-electron chi connectivity index (χ0n) is 26.5. The molecule has 0 bridgehead atoms. The number of aromatic hydroxyl groups is 2. The van der Waals surface area contributed by atoms with Gasteiger partial charge in [-0.1, -0.05) is 106 Å². The lowest BCUT2D eigenvalue weighted by atomic mass is 10.3. The lowest BCUT2D eigenvalue weighted by Gasteiger charge is -2.33. The van der Waals surface area contributed by atoms with Gasteiger partial charge >= 0.3 is 23.0 Å². The summed E-state index contributed by atoms with van der Waals surface area (Å²) in [6.07, 6.45) is 4.46. The molecule has 0 radical (unpaired) electrons. The summed E-state index contributed by atoms with van der Waals surface area (Å²) in [5.41, 5.74) is 0. The van der Waals surface area contributed by atoms with E-state index in [1.54, 1.807) is 103 Å². The number of nitrogens with zero attached hydrogens (tertiary/aromatic N) is 3. The third-order valence-corrected chi connectivity index (χ3v) is 14.5. The predicted octanol–water partition coefficient (Wildman–Crippen LogP) is 11.9. The van der Waals surface area contributed by atoms with Crippen LogP contribution < -0.4 is 22.6 Å². The number of phenols is 2. The van der Waals surface area contributed by atoms with Gasteiger partial charge in [-0.25, -0.2) is 0 Å². The topological polar surface area (TPSA) is 133 Å². The highest BCUT2D eigenvalue weighted by atomic mass is 31.3. The Kier molecular flexibility index (Phi) is 10.5. The molecule has 50 heavy (non-hydrogen) atoms. The molecule has 6 rings (SSSR count). The lowest BCUT2D eigenvalue weighted by molar-refractivity contribution is 0.395. The number of para-hydroxylation sites is 4. The van der Waals surface area contributed by atoms with Gasteiger partial charge in [-0.2, -0.15) is 0 Å². The van der Waals surface area contributed by atoms with Gasteiger partial charge in [-0.3, -0.25) is 0 Å². The maximum absolute atomic E-state index is 10.4. The molecule has 2 N–H and O–H groups in total. The van der Waals surface area contributed by atoms with Crippen molar-refractivity contribution < 1.29 is 37.4 Å². The first-order valence-electron chi connectivity index (χ1n) is 15.1. The first-order valence-corrected chi connectivity index (χ1v) is 19.7. The summed E-state index contributed by atoms with van der Waals surface area (Å²) >= 11 is 0. The molecule has 0 aromatic heterocycles. The van der Waals surface area contributed by atoms with Crippen molar-refractivity contribution in [3.05, 3.63) is 177 Å². The summed E-state index contributed by atoms with van der Waals surface area (Å²) in [6, 6.07) is 39.2. The molecule has 1 unspecified atom stereocenters. The summed E-state index contributed by atoms with van der Waals surface area (Å²) in [5.74, 6) is 1.02. The average molecular weight is 728 g/mol. The van der Waals surface area contributed by atoms with Gasteiger partial charge in [0.1, 0.15) is 46.0 Å². The van der Waals surface area contributed by atoms with Crippen molar-refractivity contribution in [1.29, 1.82) is 0 Å². The zero-order chi connectivity index (χ0) is 34.9. The van der Waals surface area contributed by atoms with Gasteiger partial charge in [0.15, 0.2) is 0 Å². The minimum absolute atomic E-state index is 0.0395. The zero-order valence-corrected chi connectivity index (χ0v) is 29.1. The molecule has 5 aromatic rings. The van der Waals surface area contributed by atoms with Crippen LogP contribution in [-0.4, -0.2) is 10.2 Å². The third kappa shape index (κ3) is 8.70. The van der Waals surface area contributed by atoms with Gasteiger partial charge in [0.05, 0.1) is 0 Å². The van der Waals surface area contributed by atoms with Gasteiger partial charge in [0.25, 0.3) is 0 Å². The van der Waals surface area contributed by atoms with Gasteiger partial charge in [0.2, 0.25) is 0 Å². The fraction of sp³-hybridized carbons (Fsp3) is 0. The second-order valence-electron chi connectivity index (χ2n) is 10.2. The molecule has 254 valence electrons. The lowest BCUT2D eigenvalue weighted by Crippen LogP contribution is -2.10. The van der Waals surface area contributed by atoms with E-state index < -0.39 is 23.0 Å². The number of phenolic OH excluding ortho intramolecular Hbond substituents is 2. The number of hydrogen-bond acceptors (Lipinski definition) is 11. The van der Waals surface area contributed by atoms with E-state index in [4.69, 9.17) is 40.7 Å². The van der Waals surface area contributed by atoms with Gasteiger partial charge in [-0.05, 0) is 60.7 Å². The third-order valence-electron chi connectivity index (χ3n) is 6.36. The van der Waals surface area contributed by atoms with Gasteiger partial charge in [0, 0.05) is 18.2 Å². The van der Waals surface area contributed by atoms with E-state index >= 15 is 0 Å². The van der Waals surface area contributed by atoms with Crippen LogP contribution in [-0.2, 0) is 4.52 Å². The minimum Gasteiger partial charge on any atom is -0.508 e. The molecule has 1 aliphatic heterocycles. The van der Waals surface area contributed by atoms with Crippen LogP contribution in [0.1, 0.15) is 0 Å². The molecule has 0 amide bonds. The molecule has 5 aromatic carbocycles. The largest absolute Gasteiger partial charge is 0.508 e. The summed E-state index contributed by atoms with van der Waals surface area (Å²) in [4.78, 5) is 0. The van der Waals surface area contributed by atoms with E-state index in [0.717, 1.165) is 6.07 Å². The van der Waals surface area contributed by atoms with Crippen molar-refractivity contribution in [2.45, 2.75) is 0 Å². The smallest absolute Gasteiger partial charge is 0.460 e. The number of allylic oxidation sites excluding steroid dienone is 3. The highest BCUT2D eigenvalue weighted by Gasteiger charge is 2.49. The van der Waals surface area contributed by atoms with Crippen LogP contribution in [0.25, 0.3) is 0 Å². The summed E-state index contributed by atoms with van der Waals surface area (Å²) in [5, 5.41) is 20.9. The monoisotopic (exact) mass is 727 g/mol. The predicted molar refractivity (Wildman–Crippen MR) is 196 cm³/mol. The van der Waals surface area contributed by atoms with Crippen LogP contribution >= 0.6 is 23.0 Å². The molecule has 1 heterocycles. The Morgan fingerprint density at radius 1 is 0.480 bits per heavy atom. The van der Waals surface area contributed by atoms with Crippen LogP contribution in [0.15, 0.2) is 190 Å². The molecule has 0 aliphatic carbocycles. The highest BCUT2D eigenvalue weighted by Crippen LogP contribution is 2.79. The van der Waals surface area contributed by atoms with E-state index in [2.05, 4.69) is 13.2 Å². The first kappa shape index (κ1) is 34.3. The van der Waals surface area contributed by atoms with Crippen LogP contribution in [0, 0.1) is 0 Å². The van der Waals surface area contributed by atoms with Crippen LogP contribution in [0.2, 0.25) is 0 Å². The highest BCUT2D eigenvalue weighted by molar-refractivity contribution is 7.79. The van der Waals surface area contributed by atoms with Crippen molar-refractivity contribution in [3.8, 4) is 40.2 Å². The normalized spacial score (nSPS) is 17.3. The van der Waals surface area contributed by atoms with Crippen LogP contribution in [0.5, 0.6) is 40.2 Å². The van der Waals surface area contributed by atoms with Crippen molar-refractivity contribution in [1.82, 2.24) is 0 Å². The Morgan fingerprint density at radius 2 is 0.820 bits per heavy atom. The maximum atomic E-state index is 10.4. The summed E-state index contributed by atoms with van der Waals surface area (Å²) < 4.78 is 54.8. The molecule has 11 nitrogen and oxygen atoms in total. The van der Waals surface area contributed by atoms with Gasteiger partial charge < -0.3 is 37.4 Å². The van der Waals surface area contributed by atoms with Crippen LogP contribution in [0.4, 0.5) is 0 Å². The van der Waals surface area contributed by atoms with Crippen LogP contribution in [0.3, 0.4) is 0 Å². The van der Waals surface area contributed by atoms with E-state index in [9.17, 15) is 10.2 Å². The number of hydrogen-bond donors (Lipinski definition) is 2. The fourth-order valence-electron chi connectivity index (χ4n) is 4.38. The maximum Gasteiger partial charge on any atom is 0.460 e. The molecule has 0 saturated heterocycles. The molecule has 0 saturated carbocycles. The van der Waals surface area contributed by atoms with Crippen molar-refractivity contribution in [3.63, 3.8) is 0 Å². The standard InChI is InChI=1S/C36H32N3O8P3/c1-3-17-31(4-2)42-48(47-36-27-29(40)26-30(41)28-36)37-49(43-32-18-9-5-10-19-32,44-33-20-11-6-12-21-33)39-50(38-48,45-34-22-13-7-14-23-34)46-35-24-15-8-16-25-35/h3-28,40-41H,1-2H2/b31-17+. The Labute approximate surface area is 290 Å². The number of rotatable bonds is 14. The SMILES string of the molecule is C=C/C=C(\C=C)OP1(Oc2cc(O)cc(O)c2)=NP(Oc2ccccc2)(Oc2ccccc2)=NP(Oc2ccccc2)(Oc2ccccc2)=N1. The molecule has 14 heteroatoms. The average Bonchev–Trinajstić information content (AvgIpc) is 3.09. The van der Waals surface area contributed by atoms with Crippen molar-refractivity contribution in [2.24, 2.45) is 13.5 Å². The number of benzene rings is 5. The van der Waals surface area contributed by atoms with Crippen molar-refractivity contribution >= 4 is 23.0 Å². The minimum atomic E-state index is -4.20. The fourth-order valence-corrected chi connectivity index (χ4v) is 13.4. The second kappa shape index (κ2) is 15.3. The van der Waals surface area contributed by atoms with Crippen molar-refractivity contribution in [2.75, 3.05) is 0 Å². The molecule has 0 fully saturated rings. The first-order chi connectivity index (χ1) is 24.3. The van der Waals surface area contributed by atoms with Gasteiger partial charge in [-0.15, -0.1) is 0 Å². The van der Waals surface area contributed by atoms with E-state index in [1.807, 2.05) is 24.3 Å². The van der Waals surface area contributed by atoms with E-state index in [0.29, 0.717) is 23.0 Å². The second-order valence-corrected chi connectivity index (χ2v) is 16.4. The Hall–Kier alpha value is -5.59. The van der Waals surface area contributed by atoms with E-state index in [-0.39, 0.29) is 23.0 Å². The molecule has 0 spiro atoms. The van der Waals surface area contributed by atoms with E-state index in [1.165, 1.54) is 24.3 Å². The molecule has 1 atom stereocenters. The summed E-state index contributed by atoms with van der Waals surface area (Å²) in [6.45, 7) is 7.67. The molecular formula is C36H32N3O8P3. The quantitative estimate of drug-likeness (QED) is 0.0656. The Balaban J connectivity index is 1.73. The molecular weight excluding hydrogens is 695 g/mol.